The predicted octanol–water partition coefficient (Wildman–Crippen LogP) is 2.04. The molecule has 1 aromatic heterocycles. The Balaban J connectivity index is 1.90. The van der Waals surface area contributed by atoms with E-state index in [1.54, 1.807) is 11.8 Å². The van der Waals surface area contributed by atoms with Gasteiger partial charge in [-0.2, -0.15) is 4.98 Å². The van der Waals surface area contributed by atoms with Crippen molar-refractivity contribution in [1.29, 1.82) is 0 Å². The summed E-state index contributed by atoms with van der Waals surface area (Å²) in [6.07, 6.45) is 0.933. The first-order chi connectivity index (χ1) is 7.33. The van der Waals surface area contributed by atoms with Crippen LogP contribution in [0, 0.1) is 0 Å². The fourth-order valence-corrected chi connectivity index (χ4v) is 2.92. The standard InChI is InChI=1S/C10H9N3OS/c11-10-12-9(14-13-10)8-5-6-3-1-2-4-7(6)15-8/h1-4,8H,5H2,(H2,11,13). The van der Waals surface area contributed by atoms with E-state index in [2.05, 4.69) is 22.3 Å². The zero-order valence-electron chi connectivity index (χ0n) is 7.88. The van der Waals surface area contributed by atoms with Crippen molar-refractivity contribution in [2.75, 3.05) is 5.73 Å². The summed E-state index contributed by atoms with van der Waals surface area (Å²) in [5.41, 5.74) is 6.76. The summed E-state index contributed by atoms with van der Waals surface area (Å²) >= 11 is 1.75. The second kappa shape index (κ2) is 3.27. The molecule has 0 aliphatic carbocycles. The average molecular weight is 219 g/mol. The number of benzene rings is 1. The lowest BCUT2D eigenvalue weighted by atomic mass is 10.1. The van der Waals surface area contributed by atoms with Crippen LogP contribution < -0.4 is 5.73 Å². The van der Waals surface area contributed by atoms with Crippen molar-refractivity contribution < 1.29 is 4.52 Å². The molecular formula is C10H9N3OS. The highest BCUT2D eigenvalue weighted by molar-refractivity contribution is 7.99. The summed E-state index contributed by atoms with van der Waals surface area (Å²) < 4.78 is 5.07. The van der Waals surface area contributed by atoms with Crippen LogP contribution in [0.3, 0.4) is 0 Å². The molecule has 0 radical (unpaired) electrons. The number of hydrogen-bond donors (Lipinski definition) is 1. The quantitative estimate of drug-likeness (QED) is 0.795. The van der Waals surface area contributed by atoms with Gasteiger partial charge in [0.25, 0.3) is 5.95 Å². The van der Waals surface area contributed by atoms with Crippen LogP contribution in [0.4, 0.5) is 5.95 Å². The van der Waals surface area contributed by atoms with Crippen molar-refractivity contribution >= 4 is 17.7 Å². The molecular weight excluding hydrogens is 210 g/mol. The van der Waals surface area contributed by atoms with Gasteiger partial charge in [-0.05, 0) is 23.2 Å². The van der Waals surface area contributed by atoms with Crippen molar-refractivity contribution in [2.45, 2.75) is 16.6 Å². The summed E-state index contributed by atoms with van der Waals surface area (Å²) in [5, 5.41) is 3.82. The number of anilines is 1. The Hall–Kier alpha value is -1.49. The van der Waals surface area contributed by atoms with E-state index in [1.807, 2.05) is 12.1 Å². The first-order valence-corrected chi connectivity index (χ1v) is 5.54. The van der Waals surface area contributed by atoms with Gasteiger partial charge in [-0.15, -0.1) is 11.8 Å². The predicted molar refractivity (Wildman–Crippen MR) is 57.5 cm³/mol. The molecule has 1 aliphatic rings. The van der Waals surface area contributed by atoms with Gasteiger partial charge in [-0.3, -0.25) is 0 Å². The van der Waals surface area contributed by atoms with E-state index >= 15 is 0 Å². The van der Waals surface area contributed by atoms with Gasteiger partial charge < -0.3 is 10.3 Å². The first-order valence-electron chi connectivity index (χ1n) is 4.66. The van der Waals surface area contributed by atoms with Gasteiger partial charge in [0.1, 0.15) is 0 Å². The summed E-state index contributed by atoms with van der Waals surface area (Å²) in [4.78, 5) is 5.35. The maximum atomic E-state index is 5.43. The normalized spacial score (nSPS) is 19.1. The molecule has 3 rings (SSSR count). The van der Waals surface area contributed by atoms with Gasteiger partial charge in [-0.25, -0.2) is 0 Å². The Labute approximate surface area is 90.9 Å². The molecule has 2 aromatic rings. The largest absolute Gasteiger partial charge is 0.365 e. The molecule has 1 aliphatic heterocycles. The second-order valence-corrected chi connectivity index (χ2v) is 4.65. The second-order valence-electron chi connectivity index (χ2n) is 3.41. The zero-order chi connectivity index (χ0) is 10.3. The smallest absolute Gasteiger partial charge is 0.260 e. The maximum Gasteiger partial charge on any atom is 0.260 e. The van der Waals surface area contributed by atoms with Crippen LogP contribution in [-0.4, -0.2) is 10.1 Å². The van der Waals surface area contributed by atoms with Crippen LogP contribution in [0.5, 0.6) is 0 Å². The van der Waals surface area contributed by atoms with Crippen LogP contribution in [0.1, 0.15) is 16.7 Å². The Morgan fingerprint density at radius 2 is 2.27 bits per heavy atom. The van der Waals surface area contributed by atoms with E-state index < -0.39 is 0 Å². The molecule has 15 heavy (non-hydrogen) atoms. The van der Waals surface area contributed by atoms with Gasteiger partial charge >= 0.3 is 0 Å². The number of fused-ring (bicyclic) bond motifs is 1. The number of thioether (sulfide) groups is 1. The highest BCUT2D eigenvalue weighted by Gasteiger charge is 2.27. The number of hydrogen-bond acceptors (Lipinski definition) is 5. The van der Waals surface area contributed by atoms with Crippen molar-refractivity contribution in [1.82, 2.24) is 10.1 Å². The van der Waals surface area contributed by atoms with Crippen LogP contribution >= 0.6 is 11.8 Å². The monoisotopic (exact) mass is 219 g/mol. The van der Waals surface area contributed by atoms with Crippen molar-refractivity contribution in [3.8, 4) is 0 Å². The van der Waals surface area contributed by atoms with Crippen molar-refractivity contribution in [3.05, 3.63) is 35.7 Å². The highest BCUT2D eigenvalue weighted by atomic mass is 32.2. The zero-order valence-corrected chi connectivity index (χ0v) is 8.70. The Bertz CT molecular complexity index is 472. The molecule has 2 heterocycles. The van der Waals surface area contributed by atoms with Gasteiger partial charge in [0.05, 0.1) is 5.25 Å². The topological polar surface area (TPSA) is 64.9 Å². The summed E-state index contributed by atoms with van der Waals surface area (Å²) in [7, 11) is 0. The van der Waals surface area contributed by atoms with Gasteiger partial charge in [-0.1, -0.05) is 18.2 Å². The molecule has 4 nitrogen and oxygen atoms in total. The molecule has 1 atom stereocenters. The molecule has 0 bridgehead atoms. The Morgan fingerprint density at radius 3 is 3.00 bits per heavy atom. The fourth-order valence-electron chi connectivity index (χ4n) is 1.70. The third-order valence-electron chi connectivity index (χ3n) is 2.38. The Kier molecular flexibility index (Phi) is 1.92. The van der Waals surface area contributed by atoms with Crippen LogP contribution in [-0.2, 0) is 6.42 Å². The molecule has 0 spiro atoms. The van der Waals surface area contributed by atoms with E-state index in [0.29, 0.717) is 5.89 Å². The summed E-state index contributed by atoms with van der Waals surface area (Å²) in [5.74, 6) is 0.829. The van der Waals surface area contributed by atoms with E-state index in [9.17, 15) is 0 Å². The van der Waals surface area contributed by atoms with Crippen LogP contribution in [0.25, 0.3) is 0 Å². The number of nitrogen functional groups attached to an aromatic ring is 1. The van der Waals surface area contributed by atoms with E-state index in [4.69, 9.17) is 10.3 Å². The lowest BCUT2D eigenvalue weighted by Crippen LogP contribution is -1.93. The molecule has 0 saturated carbocycles. The summed E-state index contributed by atoms with van der Waals surface area (Å²) in [6, 6.07) is 8.32. The SMILES string of the molecule is Nc1noc(C2Cc3ccccc3S2)n1. The molecule has 0 amide bonds. The molecule has 1 aromatic carbocycles. The molecule has 76 valence electrons. The molecule has 5 heteroatoms. The lowest BCUT2D eigenvalue weighted by Gasteiger charge is -1.99. The minimum absolute atomic E-state index is 0.210. The fraction of sp³-hybridized carbons (Fsp3) is 0.200. The summed E-state index contributed by atoms with van der Waals surface area (Å²) in [6.45, 7) is 0. The molecule has 0 fully saturated rings. The van der Waals surface area contributed by atoms with Crippen LogP contribution in [0.15, 0.2) is 33.7 Å². The van der Waals surface area contributed by atoms with Crippen LogP contribution in [0.2, 0.25) is 0 Å². The molecule has 2 N–H and O–H groups in total. The molecule has 0 saturated heterocycles. The average Bonchev–Trinajstić information content (AvgIpc) is 2.82. The highest BCUT2D eigenvalue weighted by Crippen LogP contribution is 2.45. The van der Waals surface area contributed by atoms with E-state index in [0.717, 1.165) is 6.42 Å². The van der Waals surface area contributed by atoms with Gasteiger partial charge in [0.15, 0.2) is 0 Å². The first kappa shape index (κ1) is 8.79. The number of rotatable bonds is 1. The third kappa shape index (κ3) is 1.48. The third-order valence-corrected chi connectivity index (χ3v) is 3.69. The van der Waals surface area contributed by atoms with E-state index in [1.165, 1.54) is 10.5 Å². The maximum absolute atomic E-state index is 5.43. The van der Waals surface area contributed by atoms with E-state index in [-0.39, 0.29) is 11.2 Å². The van der Waals surface area contributed by atoms with Gasteiger partial charge in [0, 0.05) is 4.90 Å². The minimum atomic E-state index is 0.210. The number of nitrogens with two attached hydrogens (primary N) is 1. The molecule has 1 unspecified atom stereocenters. The number of nitrogens with zero attached hydrogens (tertiary/aromatic N) is 2. The number of aromatic nitrogens is 2. The Morgan fingerprint density at radius 1 is 1.40 bits per heavy atom. The van der Waals surface area contributed by atoms with Gasteiger partial charge in [0.2, 0.25) is 5.89 Å². The van der Waals surface area contributed by atoms with Crippen molar-refractivity contribution in [2.24, 2.45) is 0 Å². The van der Waals surface area contributed by atoms with Crippen molar-refractivity contribution in [3.63, 3.8) is 0 Å². The lowest BCUT2D eigenvalue weighted by molar-refractivity contribution is 0.378. The minimum Gasteiger partial charge on any atom is -0.365 e.